The third-order valence-electron chi connectivity index (χ3n) is 3.22. The van der Waals surface area contributed by atoms with Gasteiger partial charge in [0.2, 0.25) is 0 Å². The molecule has 112 valence electrons. The Balaban J connectivity index is 2.64. The molecule has 1 atom stereocenters. The third kappa shape index (κ3) is 4.85. The van der Waals surface area contributed by atoms with Crippen LogP contribution in [-0.4, -0.2) is 30.3 Å². The normalized spacial score (nSPS) is 12.4. The summed E-state index contributed by atoms with van der Waals surface area (Å²) in [6, 6.07) is 5.25. The number of carboxylic acid groups (broad SMARTS) is 1. The zero-order valence-electron chi connectivity index (χ0n) is 12.8. The first-order chi connectivity index (χ1) is 9.45. The Hall–Kier alpha value is -1.55. The average molecular weight is 279 g/mol. The Morgan fingerprint density at radius 1 is 1.40 bits per heavy atom. The molecule has 0 aliphatic heterocycles. The maximum atomic E-state index is 11.1. The minimum absolute atomic E-state index is 0.135. The van der Waals surface area contributed by atoms with E-state index < -0.39 is 12.0 Å². The molecule has 0 aliphatic carbocycles. The minimum Gasteiger partial charge on any atom is -0.491 e. The van der Waals surface area contributed by atoms with Crippen molar-refractivity contribution in [2.45, 2.75) is 46.1 Å². The topological polar surface area (TPSA) is 58.6 Å². The number of aliphatic carboxylic acids is 1. The zero-order valence-corrected chi connectivity index (χ0v) is 12.8. The van der Waals surface area contributed by atoms with Gasteiger partial charge < -0.3 is 15.2 Å². The van der Waals surface area contributed by atoms with Crippen LogP contribution in [-0.2, 0) is 4.79 Å². The Kier molecular flexibility index (Phi) is 6.52. The van der Waals surface area contributed by atoms with Crippen LogP contribution in [0.1, 0.15) is 44.2 Å². The van der Waals surface area contributed by atoms with Gasteiger partial charge >= 0.3 is 5.97 Å². The van der Waals surface area contributed by atoms with Gasteiger partial charge in [0.05, 0.1) is 0 Å². The molecule has 0 bridgehead atoms. The molecule has 1 rings (SSSR count). The van der Waals surface area contributed by atoms with Crippen LogP contribution in [0, 0.1) is 6.92 Å². The molecule has 0 amide bonds. The highest BCUT2D eigenvalue weighted by atomic mass is 16.5. The van der Waals surface area contributed by atoms with Gasteiger partial charge in [-0.15, -0.1) is 0 Å². The van der Waals surface area contributed by atoms with Crippen molar-refractivity contribution in [2.24, 2.45) is 0 Å². The Morgan fingerprint density at radius 3 is 2.60 bits per heavy atom. The minimum atomic E-state index is -0.881. The van der Waals surface area contributed by atoms with Gasteiger partial charge in [-0.2, -0.15) is 0 Å². The smallest absolute Gasteiger partial charge is 0.324 e. The summed E-state index contributed by atoms with van der Waals surface area (Å²) in [6.07, 6.45) is 0.895. The number of benzene rings is 1. The number of carboxylic acids is 1. The van der Waals surface area contributed by atoms with Crippen molar-refractivity contribution in [2.75, 3.05) is 13.2 Å². The molecule has 0 aliphatic rings. The first kappa shape index (κ1) is 16.5. The number of hydrogen-bond donors (Lipinski definition) is 2. The van der Waals surface area contributed by atoms with Crippen LogP contribution in [0.4, 0.5) is 0 Å². The van der Waals surface area contributed by atoms with Crippen LogP contribution in [0.5, 0.6) is 5.75 Å². The molecule has 4 heteroatoms. The molecule has 0 spiro atoms. The second kappa shape index (κ2) is 7.90. The molecule has 0 heterocycles. The van der Waals surface area contributed by atoms with Crippen LogP contribution in [0.15, 0.2) is 18.2 Å². The molecule has 1 unspecified atom stereocenters. The van der Waals surface area contributed by atoms with Crippen molar-refractivity contribution in [3.63, 3.8) is 0 Å². The second-order valence-electron chi connectivity index (χ2n) is 5.33. The fourth-order valence-corrected chi connectivity index (χ4v) is 2.10. The maximum absolute atomic E-state index is 11.1. The van der Waals surface area contributed by atoms with Gasteiger partial charge in [-0.3, -0.25) is 4.79 Å². The first-order valence-corrected chi connectivity index (χ1v) is 7.15. The number of carbonyl (C=O) groups is 1. The molecular weight excluding hydrogens is 254 g/mol. The van der Waals surface area contributed by atoms with Crippen molar-refractivity contribution in [1.29, 1.82) is 0 Å². The number of ether oxygens (including phenoxy) is 1. The van der Waals surface area contributed by atoms with Gasteiger partial charge in [-0.25, -0.2) is 0 Å². The van der Waals surface area contributed by atoms with Crippen molar-refractivity contribution < 1.29 is 14.6 Å². The summed E-state index contributed by atoms with van der Waals surface area (Å²) in [7, 11) is 0. The van der Waals surface area contributed by atoms with E-state index in [0.717, 1.165) is 12.2 Å². The number of hydrogen-bond acceptors (Lipinski definition) is 3. The van der Waals surface area contributed by atoms with E-state index in [4.69, 9.17) is 9.84 Å². The molecule has 2 N–H and O–H groups in total. The second-order valence-corrected chi connectivity index (χ2v) is 5.33. The van der Waals surface area contributed by atoms with Crippen LogP contribution in [0.3, 0.4) is 0 Å². The van der Waals surface area contributed by atoms with Gasteiger partial charge in [0.15, 0.2) is 0 Å². The number of aryl methyl sites for hydroxylation is 1. The lowest BCUT2D eigenvalue weighted by Crippen LogP contribution is -2.41. The van der Waals surface area contributed by atoms with E-state index in [1.807, 2.05) is 32.0 Å². The van der Waals surface area contributed by atoms with Gasteiger partial charge in [0, 0.05) is 0 Å². The molecule has 0 fully saturated rings. The van der Waals surface area contributed by atoms with E-state index in [1.165, 1.54) is 11.1 Å². The first-order valence-electron chi connectivity index (χ1n) is 7.15. The monoisotopic (exact) mass is 279 g/mol. The summed E-state index contributed by atoms with van der Waals surface area (Å²) in [6.45, 7) is 9.16. The molecule has 0 saturated carbocycles. The van der Waals surface area contributed by atoms with Crippen LogP contribution in [0.25, 0.3) is 0 Å². The molecule has 4 nitrogen and oxygen atoms in total. The lowest BCUT2D eigenvalue weighted by atomic mass is 9.98. The largest absolute Gasteiger partial charge is 0.491 e. The fourth-order valence-electron chi connectivity index (χ4n) is 2.10. The van der Waals surface area contributed by atoms with Gasteiger partial charge in [-0.05, 0) is 49.1 Å². The van der Waals surface area contributed by atoms with E-state index in [0.29, 0.717) is 12.5 Å². The maximum Gasteiger partial charge on any atom is 0.324 e. The highest BCUT2D eigenvalue weighted by Crippen LogP contribution is 2.23. The fraction of sp³-hybridized carbons (Fsp3) is 0.562. The Morgan fingerprint density at radius 2 is 2.10 bits per heavy atom. The van der Waals surface area contributed by atoms with Crippen molar-refractivity contribution in [1.82, 2.24) is 5.32 Å². The Labute approximate surface area is 121 Å². The summed E-state index contributed by atoms with van der Waals surface area (Å²) in [5, 5.41) is 12.1. The average Bonchev–Trinajstić information content (AvgIpc) is 2.38. The third-order valence-corrected chi connectivity index (χ3v) is 3.22. The lowest BCUT2D eigenvalue weighted by molar-refractivity contribution is -0.140. The summed E-state index contributed by atoms with van der Waals surface area (Å²) in [4.78, 5) is 11.1. The van der Waals surface area contributed by atoms with Crippen LogP contribution < -0.4 is 10.1 Å². The van der Waals surface area contributed by atoms with E-state index in [-0.39, 0.29) is 6.61 Å². The standard InChI is InChI=1S/C16H25NO3/c1-5-8-17-15(16(18)19)10-20-13-6-7-14(11(2)3)12(4)9-13/h6-7,9,11,15,17H,5,8,10H2,1-4H3,(H,18,19). The van der Waals surface area contributed by atoms with Crippen LogP contribution >= 0.6 is 0 Å². The molecule has 0 radical (unpaired) electrons. The molecule has 1 aromatic rings. The number of nitrogens with one attached hydrogen (secondary N) is 1. The predicted octanol–water partition coefficient (Wildman–Crippen LogP) is 2.95. The van der Waals surface area contributed by atoms with Gasteiger partial charge in [0.1, 0.15) is 18.4 Å². The van der Waals surface area contributed by atoms with E-state index in [9.17, 15) is 4.79 Å². The summed E-state index contributed by atoms with van der Waals surface area (Å²) in [5.74, 6) is 0.312. The summed E-state index contributed by atoms with van der Waals surface area (Å²) >= 11 is 0. The SMILES string of the molecule is CCCNC(COc1ccc(C(C)C)c(C)c1)C(=O)O. The molecule has 0 aromatic heterocycles. The van der Waals surface area contributed by atoms with E-state index >= 15 is 0 Å². The van der Waals surface area contributed by atoms with Crippen molar-refractivity contribution in [3.05, 3.63) is 29.3 Å². The van der Waals surface area contributed by atoms with E-state index in [1.54, 1.807) is 0 Å². The van der Waals surface area contributed by atoms with Crippen LogP contribution in [0.2, 0.25) is 0 Å². The predicted molar refractivity (Wildman–Crippen MR) is 80.5 cm³/mol. The van der Waals surface area contributed by atoms with E-state index in [2.05, 4.69) is 19.2 Å². The van der Waals surface area contributed by atoms with Gasteiger partial charge in [-0.1, -0.05) is 26.8 Å². The highest BCUT2D eigenvalue weighted by molar-refractivity contribution is 5.73. The van der Waals surface area contributed by atoms with Crippen molar-refractivity contribution >= 4 is 5.97 Å². The quantitative estimate of drug-likeness (QED) is 0.768. The lowest BCUT2D eigenvalue weighted by Gasteiger charge is -2.16. The molecule has 0 saturated heterocycles. The number of rotatable bonds is 8. The van der Waals surface area contributed by atoms with Crippen molar-refractivity contribution in [3.8, 4) is 5.75 Å². The molecule has 20 heavy (non-hydrogen) atoms. The molecular formula is C16H25NO3. The Bertz CT molecular complexity index is 443. The highest BCUT2D eigenvalue weighted by Gasteiger charge is 2.17. The summed E-state index contributed by atoms with van der Waals surface area (Å²) in [5.41, 5.74) is 2.46. The van der Waals surface area contributed by atoms with Gasteiger partial charge in [0.25, 0.3) is 0 Å². The zero-order chi connectivity index (χ0) is 15.1. The summed E-state index contributed by atoms with van der Waals surface area (Å²) < 4.78 is 5.60. The molecule has 1 aromatic carbocycles.